The van der Waals surface area contributed by atoms with E-state index < -0.39 is 0 Å². The Labute approximate surface area is 74.9 Å². The van der Waals surface area contributed by atoms with Crippen molar-refractivity contribution in [3.63, 3.8) is 0 Å². The van der Waals surface area contributed by atoms with Gasteiger partial charge in [0.15, 0.2) is 0 Å². The topological polar surface area (TPSA) is 23.5 Å². The third-order valence-corrected chi connectivity index (χ3v) is 2.47. The fourth-order valence-electron chi connectivity index (χ4n) is 2.06. The third-order valence-electron chi connectivity index (χ3n) is 2.47. The van der Waals surface area contributed by atoms with E-state index in [9.17, 15) is 0 Å². The summed E-state index contributed by atoms with van der Waals surface area (Å²) in [6, 6.07) is 0. The van der Waals surface area contributed by atoms with Gasteiger partial charge in [-0.15, -0.1) is 6.58 Å². The van der Waals surface area contributed by atoms with Crippen LogP contribution in [0, 0.1) is 11.8 Å². The van der Waals surface area contributed by atoms with Gasteiger partial charge >= 0.3 is 0 Å². The highest BCUT2D eigenvalue weighted by Crippen LogP contribution is 2.20. The van der Waals surface area contributed by atoms with Crippen LogP contribution < -0.4 is 0 Å². The Morgan fingerprint density at radius 3 is 2.92 bits per heavy atom. The lowest BCUT2D eigenvalue weighted by Crippen LogP contribution is -2.40. The van der Waals surface area contributed by atoms with Gasteiger partial charge in [0, 0.05) is 26.2 Å². The Balaban J connectivity index is 2.39. The lowest BCUT2D eigenvalue weighted by atomic mass is 9.91. The van der Waals surface area contributed by atoms with Crippen LogP contribution in [-0.4, -0.2) is 36.2 Å². The molecule has 1 aliphatic heterocycles. The number of nitrogens with zero attached hydrogens (tertiary/aromatic N) is 1. The molecule has 1 saturated heterocycles. The highest BCUT2D eigenvalue weighted by Gasteiger charge is 2.22. The minimum atomic E-state index is 0.331. The van der Waals surface area contributed by atoms with Gasteiger partial charge in [-0.05, 0) is 18.3 Å². The molecule has 0 aromatic heterocycles. The van der Waals surface area contributed by atoms with E-state index in [0.717, 1.165) is 25.6 Å². The average molecular weight is 169 g/mol. The Kier molecular flexibility index (Phi) is 3.76. The lowest BCUT2D eigenvalue weighted by molar-refractivity contribution is 0.0985. The maximum atomic E-state index is 9.04. The summed E-state index contributed by atoms with van der Waals surface area (Å²) in [6.07, 6.45) is 3.11. The predicted octanol–water partition coefficient (Wildman–Crippen LogP) is 1.12. The quantitative estimate of drug-likeness (QED) is 0.640. The van der Waals surface area contributed by atoms with Crippen molar-refractivity contribution in [1.82, 2.24) is 4.90 Å². The predicted molar refractivity (Wildman–Crippen MR) is 51.0 cm³/mol. The van der Waals surface area contributed by atoms with Crippen LogP contribution in [0.2, 0.25) is 0 Å². The minimum absolute atomic E-state index is 0.331. The van der Waals surface area contributed by atoms with Gasteiger partial charge in [-0.1, -0.05) is 13.0 Å². The molecule has 1 fully saturated rings. The normalized spacial score (nSPS) is 31.8. The summed E-state index contributed by atoms with van der Waals surface area (Å²) in [4.78, 5) is 2.36. The SMILES string of the molecule is C=CCN1CC(C)CC(CO)C1. The van der Waals surface area contributed by atoms with Gasteiger partial charge in [0.25, 0.3) is 0 Å². The number of likely N-dealkylation sites (tertiary alicyclic amines) is 1. The lowest BCUT2D eigenvalue weighted by Gasteiger charge is -2.34. The van der Waals surface area contributed by atoms with Gasteiger partial charge in [-0.2, -0.15) is 0 Å². The molecule has 1 heterocycles. The van der Waals surface area contributed by atoms with Crippen molar-refractivity contribution >= 4 is 0 Å². The Morgan fingerprint density at radius 2 is 2.33 bits per heavy atom. The molecule has 0 aliphatic carbocycles. The maximum Gasteiger partial charge on any atom is 0.0471 e. The first-order chi connectivity index (χ1) is 5.76. The molecule has 0 aromatic rings. The van der Waals surface area contributed by atoms with Crippen LogP contribution in [0.3, 0.4) is 0 Å². The molecular formula is C10H19NO. The zero-order chi connectivity index (χ0) is 8.97. The highest BCUT2D eigenvalue weighted by atomic mass is 16.3. The number of aliphatic hydroxyl groups excluding tert-OH is 1. The molecule has 1 N–H and O–H groups in total. The highest BCUT2D eigenvalue weighted by molar-refractivity contribution is 4.81. The van der Waals surface area contributed by atoms with Crippen LogP contribution in [0.4, 0.5) is 0 Å². The molecule has 12 heavy (non-hydrogen) atoms. The second-order valence-electron chi connectivity index (χ2n) is 3.90. The molecule has 1 aliphatic rings. The second-order valence-corrected chi connectivity index (χ2v) is 3.90. The molecule has 2 atom stereocenters. The fourth-order valence-corrected chi connectivity index (χ4v) is 2.06. The molecule has 0 amide bonds. The molecule has 1 rings (SSSR count). The van der Waals surface area contributed by atoms with Crippen molar-refractivity contribution < 1.29 is 5.11 Å². The van der Waals surface area contributed by atoms with Crippen molar-refractivity contribution in [2.24, 2.45) is 11.8 Å². The van der Waals surface area contributed by atoms with Crippen LogP contribution in [0.15, 0.2) is 12.7 Å². The second kappa shape index (κ2) is 4.63. The van der Waals surface area contributed by atoms with Crippen molar-refractivity contribution in [1.29, 1.82) is 0 Å². The Bertz CT molecular complexity index is 147. The van der Waals surface area contributed by atoms with Crippen molar-refractivity contribution in [2.75, 3.05) is 26.2 Å². The number of piperidine rings is 1. The Morgan fingerprint density at radius 1 is 1.58 bits per heavy atom. The van der Waals surface area contributed by atoms with Gasteiger partial charge in [0.05, 0.1) is 0 Å². The summed E-state index contributed by atoms with van der Waals surface area (Å²) in [7, 11) is 0. The van der Waals surface area contributed by atoms with Crippen LogP contribution >= 0.6 is 0 Å². The molecule has 0 saturated carbocycles. The van der Waals surface area contributed by atoms with Crippen molar-refractivity contribution in [3.05, 3.63) is 12.7 Å². The molecule has 2 nitrogen and oxygen atoms in total. The summed E-state index contributed by atoms with van der Waals surface area (Å²) in [5.74, 6) is 1.20. The molecule has 0 spiro atoms. The van der Waals surface area contributed by atoms with Gasteiger partial charge in [-0.25, -0.2) is 0 Å². The third kappa shape index (κ3) is 2.61. The van der Waals surface area contributed by atoms with E-state index in [4.69, 9.17) is 5.11 Å². The fraction of sp³-hybridized carbons (Fsp3) is 0.800. The smallest absolute Gasteiger partial charge is 0.0471 e. The summed E-state index contributed by atoms with van der Waals surface area (Å²) in [5.41, 5.74) is 0. The largest absolute Gasteiger partial charge is 0.396 e. The molecule has 2 heteroatoms. The molecule has 0 bridgehead atoms. The number of hydrogen-bond donors (Lipinski definition) is 1. The first-order valence-electron chi connectivity index (χ1n) is 4.70. The number of rotatable bonds is 3. The van der Waals surface area contributed by atoms with E-state index in [1.807, 2.05) is 6.08 Å². The van der Waals surface area contributed by atoms with E-state index >= 15 is 0 Å². The summed E-state index contributed by atoms with van der Waals surface area (Å²) in [5, 5.41) is 9.04. The van der Waals surface area contributed by atoms with E-state index in [2.05, 4.69) is 18.4 Å². The van der Waals surface area contributed by atoms with Gasteiger partial charge < -0.3 is 5.11 Å². The zero-order valence-electron chi connectivity index (χ0n) is 7.87. The van der Waals surface area contributed by atoms with E-state index in [1.165, 1.54) is 6.42 Å². The van der Waals surface area contributed by atoms with Gasteiger partial charge in [0.2, 0.25) is 0 Å². The van der Waals surface area contributed by atoms with Gasteiger partial charge in [-0.3, -0.25) is 4.90 Å². The molecule has 2 unspecified atom stereocenters. The Hall–Kier alpha value is -0.340. The van der Waals surface area contributed by atoms with Crippen LogP contribution in [0.25, 0.3) is 0 Å². The molecule has 70 valence electrons. The van der Waals surface area contributed by atoms with E-state index in [-0.39, 0.29) is 0 Å². The summed E-state index contributed by atoms with van der Waals surface area (Å²) in [6.45, 7) is 9.45. The summed E-state index contributed by atoms with van der Waals surface area (Å²) >= 11 is 0. The standard InChI is InChI=1S/C10H19NO/c1-3-4-11-6-9(2)5-10(7-11)8-12/h3,9-10,12H,1,4-8H2,2H3. The van der Waals surface area contributed by atoms with Crippen LogP contribution in [0.5, 0.6) is 0 Å². The number of aliphatic hydroxyl groups is 1. The molecule has 0 aromatic carbocycles. The van der Waals surface area contributed by atoms with Crippen molar-refractivity contribution in [2.45, 2.75) is 13.3 Å². The molecular weight excluding hydrogens is 150 g/mol. The first-order valence-corrected chi connectivity index (χ1v) is 4.70. The maximum absolute atomic E-state index is 9.04. The van der Waals surface area contributed by atoms with Gasteiger partial charge in [0.1, 0.15) is 0 Å². The number of hydrogen-bond acceptors (Lipinski definition) is 2. The van der Waals surface area contributed by atoms with Crippen LogP contribution in [0.1, 0.15) is 13.3 Å². The van der Waals surface area contributed by atoms with E-state index in [0.29, 0.717) is 12.5 Å². The van der Waals surface area contributed by atoms with Crippen molar-refractivity contribution in [3.8, 4) is 0 Å². The van der Waals surface area contributed by atoms with Crippen LogP contribution in [-0.2, 0) is 0 Å². The molecule has 0 radical (unpaired) electrons. The first kappa shape index (κ1) is 9.75. The summed E-state index contributed by atoms with van der Waals surface area (Å²) < 4.78 is 0. The average Bonchev–Trinajstić information content (AvgIpc) is 2.04. The minimum Gasteiger partial charge on any atom is -0.396 e. The monoisotopic (exact) mass is 169 g/mol. The van der Waals surface area contributed by atoms with E-state index in [1.54, 1.807) is 0 Å². The zero-order valence-corrected chi connectivity index (χ0v) is 7.87.